The molecule has 1 aliphatic carbocycles. The molecule has 0 aromatic carbocycles. The summed E-state index contributed by atoms with van der Waals surface area (Å²) < 4.78 is 27.2. The SMILES string of the molecule is CCSC1CCC(NC(=NC)NCCOCCS(C)(=O)=O)C1. The van der Waals surface area contributed by atoms with Crippen molar-refractivity contribution in [2.24, 2.45) is 4.99 Å². The topological polar surface area (TPSA) is 79.8 Å². The minimum atomic E-state index is -2.94. The Morgan fingerprint density at radius 1 is 1.36 bits per heavy atom. The number of ether oxygens (including phenoxy) is 1. The molecule has 2 unspecified atom stereocenters. The fraction of sp³-hybridized carbons (Fsp3) is 0.929. The molecule has 8 heteroatoms. The molecule has 0 radical (unpaired) electrons. The molecule has 1 rings (SSSR count). The van der Waals surface area contributed by atoms with Gasteiger partial charge in [0.2, 0.25) is 0 Å². The summed E-state index contributed by atoms with van der Waals surface area (Å²) in [6, 6.07) is 0.487. The Balaban J connectivity index is 2.13. The van der Waals surface area contributed by atoms with Crippen molar-refractivity contribution in [3.05, 3.63) is 0 Å². The molecule has 2 N–H and O–H groups in total. The molecule has 2 atom stereocenters. The third-order valence-corrected chi connectivity index (χ3v) is 5.63. The van der Waals surface area contributed by atoms with Crippen LogP contribution in [-0.4, -0.2) is 70.2 Å². The fourth-order valence-electron chi connectivity index (χ4n) is 2.40. The summed E-state index contributed by atoms with van der Waals surface area (Å²) in [7, 11) is -1.18. The maximum absolute atomic E-state index is 11.0. The smallest absolute Gasteiger partial charge is 0.191 e. The number of aliphatic imine (C=N–C) groups is 1. The predicted octanol–water partition coefficient (Wildman–Crippen LogP) is 0.887. The molecule has 1 aliphatic rings. The van der Waals surface area contributed by atoms with Gasteiger partial charge in [0.05, 0.1) is 19.0 Å². The van der Waals surface area contributed by atoms with Crippen molar-refractivity contribution in [1.82, 2.24) is 10.6 Å². The summed E-state index contributed by atoms with van der Waals surface area (Å²) in [5.74, 6) is 2.03. The fourth-order valence-corrected chi connectivity index (χ4v) is 3.96. The zero-order valence-electron chi connectivity index (χ0n) is 13.8. The van der Waals surface area contributed by atoms with Crippen LogP contribution < -0.4 is 10.6 Å². The second-order valence-electron chi connectivity index (χ2n) is 5.47. The maximum Gasteiger partial charge on any atom is 0.191 e. The van der Waals surface area contributed by atoms with E-state index in [4.69, 9.17) is 4.74 Å². The highest BCUT2D eigenvalue weighted by Gasteiger charge is 2.24. The zero-order valence-corrected chi connectivity index (χ0v) is 15.4. The predicted molar refractivity (Wildman–Crippen MR) is 94.6 cm³/mol. The van der Waals surface area contributed by atoms with Crippen LogP contribution in [0.25, 0.3) is 0 Å². The summed E-state index contributed by atoms with van der Waals surface area (Å²) in [6.07, 6.45) is 4.85. The van der Waals surface area contributed by atoms with Crippen LogP contribution >= 0.6 is 11.8 Å². The largest absolute Gasteiger partial charge is 0.379 e. The highest BCUT2D eigenvalue weighted by molar-refractivity contribution is 7.99. The molecule has 6 nitrogen and oxygen atoms in total. The van der Waals surface area contributed by atoms with Gasteiger partial charge in [-0.25, -0.2) is 8.42 Å². The van der Waals surface area contributed by atoms with E-state index in [0.29, 0.717) is 19.2 Å². The number of hydrogen-bond donors (Lipinski definition) is 2. The van der Waals surface area contributed by atoms with E-state index in [1.807, 2.05) is 11.8 Å². The molecule has 0 amide bonds. The summed E-state index contributed by atoms with van der Waals surface area (Å²) in [5.41, 5.74) is 0. The van der Waals surface area contributed by atoms with Crippen molar-refractivity contribution in [1.29, 1.82) is 0 Å². The van der Waals surface area contributed by atoms with E-state index >= 15 is 0 Å². The van der Waals surface area contributed by atoms with Gasteiger partial charge in [0.15, 0.2) is 5.96 Å². The van der Waals surface area contributed by atoms with Gasteiger partial charge in [0.25, 0.3) is 0 Å². The number of rotatable bonds is 9. The minimum Gasteiger partial charge on any atom is -0.379 e. The van der Waals surface area contributed by atoms with Crippen molar-refractivity contribution >= 4 is 27.6 Å². The molecule has 0 spiro atoms. The summed E-state index contributed by atoms with van der Waals surface area (Å²) in [6.45, 7) is 3.53. The molecule has 0 aliphatic heterocycles. The molecule has 1 saturated carbocycles. The van der Waals surface area contributed by atoms with Gasteiger partial charge in [-0.3, -0.25) is 4.99 Å². The highest BCUT2D eigenvalue weighted by atomic mass is 32.2. The summed E-state index contributed by atoms with van der Waals surface area (Å²) in [5, 5.41) is 7.41. The monoisotopic (exact) mass is 351 g/mol. The van der Waals surface area contributed by atoms with Gasteiger partial charge < -0.3 is 15.4 Å². The van der Waals surface area contributed by atoms with Crippen LogP contribution in [0.4, 0.5) is 0 Å². The average molecular weight is 352 g/mol. The number of thioether (sulfide) groups is 1. The van der Waals surface area contributed by atoms with Crippen molar-refractivity contribution < 1.29 is 13.2 Å². The Labute approximate surface area is 138 Å². The van der Waals surface area contributed by atoms with Gasteiger partial charge in [0, 0.05) is 31.1 Å². The van der Waals surface area contributed by atoms with Crippen LogP contribution in [0, 0.1) is 0 Å². The van der Waals surface area contributed by atoms with Crippen LogP contribution in [0.3, 0.4) is 0 Å². The lowest BCUT2D eigenvalue weighted by Gasteiger charge is -2.17. The van der Waals surface area contributed by atoms with Gasteiger partial charge >= 0.3 is 0 Å². The lowest BCUT2D eigenvalue weighted by Crippen LogP contribution is -2.43. The van der Waals surface area contributed by atoms with E-state index < -0.39 is 9.84 Å². The number of sulfone groups is 1. The van der Waals surface area contributed by atoms with Crippen LogP contribution in [0.1, 0.15) is 26.2 Å². The Hall–Kier alpha value is -0.470. The first kappa shape index (κ1) is 19.6. The normalized spacial score (nSPS) is 22.8. The average Bonchev–Trinajstić information content (AvgIpc) is 2.88. The number of nitrogens with zero attached hydrogens (tertiary/aromatic N) is 1. The van der Waals surface area contributed by atoms with E-state index in [9.17, 15) is 8.42 Å². The Morgan fingerprint density at radius 3 is 2.77 bits per heavy atom. The van der Waals surface area contributed by atoms with Crippen molar-refractivity contribution in [3.63, 3.8) is 0 Å². The molecular formula is C14H29N3O3S2. The molecule has 22 heavy (non-hydrogen) atoms. The second-order valence-corrected chi connectivity index (χ2v) is 9.31. The van der Waals surface area contributed by atoms with E-state index in [0.717, 1.165) is 11.2 Å². The lowest BCUT2D eigenvalue weighted by atomic mass is 10.2. The third-order valence-electron chi connectivity index (χ3n) is 3.49. The molecule has 0 aromatic rings. The van der Waals surface area contributed by atoms with Crippen molar-refractivity contribution in [2.75, 3.05) is 44.6 Å². The quantitative estimate of drug-likeness (QED) is 0.365. The second kappa shape index (κ2) is 10.3. The minimum absolute atomic E-state index is 0.0680. The molecular weight excluding hydrogens is 322 g/mol. The third kappa shape index (κ3) is 8.85. The molecule has 0 saturated heterocycles. The molecule has 130 valence electrons. The Bertz CT molecular complexity index is 441. The van der Waals surface area contributed by atoms with Gasteiger partial charge in [-0.05, 0) is 25.0 Å². The van der Waals surface area contributed by atoms with E-state index in [1.165, 1.54) is 31.3 Å². The number of nitrogens with one attached hydrogen (secondary N) is 2. The van der Waals surface area contributed by atoms with Gasteiger partial charge in [0.1, 0.15) is 9.84 Å². The first-order chi connectivity index (χ1) is 10.4. The van der Waals surface area contributed by atoms with E-state index in [2.05, 4.69) is 22.5 Å². The first-order valence-corrected chi connectivity index (χ1v) is 10.9. The van der Waals surface area contributed by atoms with Crippen LogP contribution in [0.2, 0.25) is 0 Å². The first-order valence-electron chi connectivity index (χ1n) is 7.79. The zero-order chi connectivity index (χ0) is 16.4. The number of guanidine groups is 1. The maximum atomic E-state index is 11.0. The van der Waals surface area contributed by atoms with Crippen LogP contribution in [-0.2, 0) is 14.6 Å². The highest BCUT2D eigenvalue weighted by Crippen LogP contribution is 2.29. The van der Waals surface area contributed by atoms with Crippen molar-refractivity contribution in [2.45, 2.75) is 37.5 Å². The van der Waals surface area contributed by atoms with E-state index in [-0.39, 0.29) is 12.4 Å². The van der Waals surface area contributed by atoms with Crippen LogP contribution in [0.5, 0.6) is 0 Å². The molecule has 0 aromatic heterocycles. The van der Waals surface area contributed by atoms with Gasteiger partial charge in [-0.2, -0.15) is 11.8 Å². The summed E-state index contributed by atoms with van der Waals surface area (Å²) in [4.78, 5) is 4.22. The van der Waals surface area contributed by atoms with E-state index in [1.54, 1.807) is 7.05 Å². The van der Waals surface area contributed by atoms with Gasteiger partial charge in [-0.15, -0.1) is 0 Å². The Kier molecular flexibility index (Phi) is 9.19. The standard InChI is InChI=1S/C14H29N3O3S2/c1-4-21-13-6-5-12(11-13)17-14(15-2)16-7-8-20-9-10-22(3,18)19/h12-13H,4-11H2,1-3H3,(H2,15,16,17). The van der Waals surface area contributed by atoms with Gasteiger partial charge in [-0.1, -0.05) is 6.92 Å². The summed E-state index contributed by atoms with van der Waals surface area (Å²) >= 11 is 2.04. The molecule has 0 heterocycles. The number of hydrogen-bond acceptors (Lipinski definition) is 5. The molecule has 1 fully saturated rings. The Morgan fingerprint density at radius 2 is 2.14 bits per heavy atom. The van der Waals surface area contributed by atoms with Crippen LogP contribution in [0.15, 0.2) is 4.99 Å². The van der Waals surface area contributed by atoms with Crippen molar-refractivity contribution in [3.8, 4) is 0 Å². The lowest BCUT2D eigenvalue weighted by molar-refractivity contribution is 0.154. The molecule has 0 bridgehead atoms.